The Kier molecular flexibility index (Phi) is 6.95. The van der Waals surface area contributed by atoms with E-state index in [1.807, 2.05) is 13.8 Å². The smallest absolute Gasteiger partial charge is 0.326 e. The third-order valence-corrected chi connectivity index (χ3v) is 4.55. The van der Waals surface area contributed by atoms with Crippen molar-refractivity contribution in [1.29, 1.82) is 0 Å². The first-order valence-electron chi connectivity index (χ1n) is 8.82. The van der Waals surface area contributed by atoms with E-state index in [4.69, 9.17) is 16.3 Å². The number of imide groups is 1. The predicted molar refractivity (Wildman–Crippen MR) is 102 cm³/mol. The van der Waals surface area contributed by atoms with Crippen LogP contribution < -0.4 is 10.6 Å². The summed E-state index contributed by atoms with van der Waals surface area (Å²) >= 11 is 5.83. The monoisotopic (exact) mass is 410 g/mol. The molecule has 2 heterocycles. The number of nitrogens with zero attached hydrogens (tertiary/aromatic N) is 2. The van der Waals surface area contributed by atoms with Gasteiger partial charge in [-0.25, -0.2) is 9.78 Å². The van der Waals surface area contributed by atoms with Crippen LogP contribution in [0.4, 0.5) is 10.5 Å². The van der Waals surface area contributed by atoms with Crippen LogP contribution in [0.3, 0.4) is 0 Å². The molecule has 1 aliphatic rings. The van der Waals surface area contributed by atoms with Gasteiger partial charge < -0.3 is 15.4 Å². The molecule has 1 aromatic heterocycles. The van der Waals surface area contributed by atoms with E-state index < -0.39 is 42.5 Å². The van der Waals surface area contributed by atoms with Gasteiger partial charge in [0.25, 0.3) is 11.8 Å². The molecule has 1 fully saturated rings. The first-order valence-corrected chi connectivity index (χ1v) is 9.20. The first-order chi connectivity index (χ1) is 13.1. The lowest BCUT2D eigenvalue weighted by Crippen LogP contribution is -2.44. The molecule has 0 spiro atoms. The van der Waals surface area contributed by atoms with Gasteiger partial charge in [0.15, 0.2) is 11.8 Å². The second-order valence-corrected chi connectivity index (χ2v) is 7.49. The minimum atomic E-state index is -1.05. The molecule has 1 atom stereocenters. The van der Waals surface area contributed by atoms with Crippen molar-refractivity contribution in [3.63, 3.8) is 0 Å². The maximum atomic E-state index is 12.5. The Balaban J connectivity index is 1.85. The fourth-order valence-corrected chi connectivity index (χ4v) is 2.79. The van der Waals surface area contributed by atoms with Crippen molar-refractivity contribution in [1.82, 2.24) is 15.2 Å². The van der Waals surface area contributed by atoms with Crippen molar-refractivity contribution in [2.75, 3.05) is 18.5 Å². The second-order valence-electron chi connectivity index (χ2n) is 7.14. The van der Waals surface area contributed by atoms with Gasteiger partial charge in [-0.1, -0.05) is 25.4 Å². The molecular weight excluding hydrogens is 388 g/mol. The van der Waals surface area contributed by atoms with Gasteiger partial charge in [0.05, 0.1) is 5.69 Å². The number of pyridine rings is 1. The SMILES string of the molecule is CC(C)CC[C@]1(C)NC(=O)N(CC(=O)OCC(=O)Nc2cccnc2Cl)C1=O. The van der Waals surface area contributed by atoms with Gasteiger partial charge in [-0.15, -0.1) is 0 Å². The third kappa shape index (κ3) is 5.41. The Hall–Kier alpha value is -2.68. The molecule has 0 saturated carbocycles. The Morgan fingerprint density at radius 1 is 1.39 bits per heavy atom. The van der Waals surface area contributed by atoms with Crippen LogP contribution in [0.5, 0.6) is 0 Å². The van der Waals surface area contributed by atoms with Gasteiger partial charge >= 0.3 is 12.0 Å². The largest absolute Gasteiger partial charge is 0.454 e. The van der Waals surface area contributed by atoms with E-state index >= 15 is 0 Å². The zero-order chi connectivity index (χ0) is 20.9. The molecule has 0 aromatic carbocycles. The number of carbonyl (C=O) groups excluding carboxylic acids is 4. The lowest BCUT2D eigenvalue weighted by atomic mass is 9.92. The van der Waals surface area contributed by atoms with E-state index in [1.165, 1.54) is 6.20 Å². The highest BCUT2D eigenvalue weighted by molar-refractivity contribution is 6.32. The van der Waals surface area contributed by atoms with E-state index in [2.05, 4.69) is 15.6 Å². The topological polar surface area (TPSA) is 118 Å². The van der Waals surface area contributed by atoms with Crippen LogP contribution in [0.25, 0.3) is 0 Å². The molecule has 0 aliphatic carbocycles. The van der Waals surface area contributed by atoms with Crippen molar-refractivity contribution >= 4 is 41.1 Å². The number of esters is 1. The van der Waals surface area contributed by atoms with Gasteiger partial charge in [0.2, 0.25) is 0 Å². The van der Waals surface area contributed by atoms with Gasteiger partial charge in [-0.3, -0.25) is 19.3 Å². The molecule has 2 rings (SSSR count). The number of carbonyl (C=O) groups is 4. The minimum absolute atomic E-state index is 0.0993. The summed E-state index contributed by atoms with van der Waals surface area (Å²) < 4.78 is 4.85. The molecule has 0 unspecified atom stereocenters. The molecule has 0 bridgehead atoms. The van der Waals surface area contributed by atoms with Crippen molar-refractivity contribution in [3.05, 3.63) is 23.5 Å². The lowest BCUT2D eigenvalue weighted by molar-refractivity contribution is -0.150. The summed E-state index contributed by atoms with van der Waals surface area (Å²) in [5.74, 6) is -1.61. The summed E-state index contributed by atoms with van der Waals surface area (Å²) in [6, 6.07) is 2.47. The number of urea groups is 1. The number of amides is 4. The summed E-state index contributed by atoms with van der Waals surface area (Å²) in [4.78, 5) is 53.1. The molecule has 9 nitrogen and oxygen atoms in total. The number of ether oxygens (including phenoxy) is 1. The lowest BCUT2D eigenvalue weighted by Gasteiger charge is -2.22. The minimum Gasteiger partial charge on any atom is -0.454 e. The van der Waals surface area contributed by atoms with E-state index in [0.717, 1.165) is 11.3 Å². The summed E-state index contributed by atoms with van der Waals surface area (Å²) in [5.41, 5.74) is -0.768. The van der Waals surface area contributed by atoms with Crippen LogP contribution in [0.1, 0.15) is 33.6 Å². The van der Waals surface area contributed by atoms with Crippen LogP contribution in [0, 0.1) is 5.92 Å². The van der Waals surface area contributed by atoms with Crippen LogP contribution in [0.15, 0.2) is 18.3 Å². The number of aromatic nitrogens is 1. The van der Waals surface area contributed by atoms with Gasteiger partial charge in [0, 0.05) is 6.20 Å². The molecular formula is C18H23ClN4O5. The molecule has 1 aliphatic heterocycles. The van der Waals surface area contributed by atoms with Crippen molar-refractivity contribution in [2.24, 2.45) is 5.92 Å². The Morgan fingerprint density at radius 3 is 2.75 bits per heavy atom. The summed E-state index contributed by atoms with van der Waals surface area (Å²) in [7, 11) is 0. The number of hydrogen-bond donors (Lipinski definition) is 2. The maximum Gasteiger partial charge on any atom is 0.326 e. The summed E-state index contributed by atoms with van der Waals surface area (Å²) in [5, 5.41) is 5.17. The molecule has 28 heavy (non-hydrogen) atoms. The molecule has 1 saturated heterocycles. The molecule has 1 aromatic rings. The number of hydrogen-bond acceptors (Lipinski definition) is 6. The summed E-state index contributed by atoms with van der Waals surface area (Å²) in [6.45, 7) is 4.51. The van der Waals surface area contributed by atoms with Crippen molar-refractivity contribution < 1.29 is 23.9 Å². The number of rotatable bonds is 8. The van der Waals surface area contributed by atoms with Crippen LogP contribution in [0.2, 0.25) is 5.15 Å². The zero-order valence-electron chi connectivity index (χ0n) is 16.0. The van der Waals surface area contributed by atoms with E-state index in [-0.39, 0.29) is 10.8 Å². The van der Waals surface area contributed by atoms with Crippen molar-refractivity contribution in [2.45, 2.75) is 39.2 Å². The van der Waals surface area contributed by atoms with Crippen LogP contribution in [-0.2, 0) is 19.1 Å². The zero-order valence-corrected chi connectivity index (χ0v) is 16.7. The van der Waals surface area contributed by atoms with Gasteiger partial charge in [-0.05, 0) is 37.8 Å². The average Bonchev–Trinajstić information content (AvgIpc) is 2.84. The highest BCUT2D eigenvalue weighted by Crippen LogP contribution is 2.24. The second kappa shape index (κ2) is 9.01. The Morgan fingerprint density at radius 2 is 2.11 bits per heavy atom. The maximum absolute atomic E-state index is 12.5. The average molecular weight is 411 g/mol. The molecule has 0 radical (unpaired) electrons. The molecule has 152 valence electrons. The normalized spacial score (nSPS) is 19.0. The van der Waals surface area contributed by atoms with Crippen LogP contribution >= 0.6 is 11.6 Å². The Labute approximate surface area is 167 Å². The quantitative estimate of drug-likeness (QED) is 0.384. The molecule has 4 amide bonds. The number of halogens is 1. The Bertz CT molecular complexity index is 785. The predicted octanol–water partition coefficient (Wildman–Crippen LogP) is 1.96. The highest BCUT2D eigenvalue weighted by atomic mass is 35.5. The van der Waals surface area contributed by atoms with Crippen LogP contribution in [-0.4, -0.2) is 52.4 Å². The molecule has 2 N–H and O–H groups in total. The summed E-state index contributed by atoms with van der Waals surface area (Å²) in [6.07, 6.45) is 2.68. The fraction of sp³-hybridized carbons (Fsp3) is 0.500. The standard InChI is InChI=1S/C18H23ClN4O5/c1-11(2)6-7-18(3)16(26)23(17(27)22-18)9-14(25)28-10-13(24)21-12-5-4-8-20-15(12)19/h4-5,8,11H,6-7,9-10H2,1-3H3,(H,21,24)(H,22,27)/t18-/m0/s1. The van der Waals surface area contributed by atoms with E-state index in [9.17, 15) is 19.2 Å². The first kappa shape index (κ1) is 21.6. The highest BCUT2D eigenvalue weighted by Gasteiger charge is 2.48. The third-order valence-electron chi connectivity index (χ3n) is 4.25. The van der Waals surface area contributed by atoms with E-state index in [1.54, 1.807) is 19.1 Å². The number of nitrogens with one attached hydrogen (secondary N) is 2. The number of anilines is 1. The van der Waals surface area contributed by atoms with Crippen molar-refractivity contribution in [3.8, 4) is 0 Å². The van der Waals surface area contributed by atoms with Gasteiger partial charge in [-0.2, -0.15) is 0 Å². The molecule has 10 heteroatoms. The van der Waals surface area contributed by atoms with Gasteiger partial charge in [0.1, 0.15) is 12.1 Å². The fourth-order valence-electron chi connectivity index (χ4n) is 2.62. The van der Waals surface area contributed by atoms with E-state index in [0.29, 0.717) is 12.3 Å².